The summed E-state index contributed by atoms with van der Waals surface area (Å²) in [6.07, 6.45) is 6.95. The van der Waals surface area contributed by atoms with Crippen molar-refractivity contribution >= 4 is 22.7 Å². The summed E-state index contributed by atoms with van der Waals surface area (Å²) >= 11 is 0. The number of methoxy groups -OCH3 is 1. The summed E-state index contributed by atoms with van der Waals surface area (Å²) < 4.78 is 5.24. The van der Waals surface area contributed by atoms with Gasteiger partial charge in [-0.3, -0.25) is 0 Å². The third-order valence-corrected chi connectivity index (χ3v) is 3.72. The van der Waals surface area contributed by atoms with Gasteiger partial charge in [-0.05, 0) is 19.1 Å². The van der Waals surface area contributed by atoms with E-state index in [4.69, 9.17) is 4.74 Å². The topological polar surface area (TPSA) is 103 Å². The molecule has 0 aliphatic heterocycles. The molecule has 8 heteroatoms. The zero-order chi connectivity index (χ0) is 17.2. The molecule has 4 rings (SSSR count). The zero-order valence-electron chi connectivity index (χ0n) is 13.7. The van der Waals surface area contributed by atoms with Crippen LogP contribution < -0.4 is 15.0 Å². The number of aromatic nitrogens is 6. The van der Waals surface area contributed by atoms with Crippen LogP contribution in [0.2, 0.25) is 0 Å². The van der Waals surface area contributed by atoms with E-state index in [0.717, 1.165) is 28.2 Å². The van der Waals surface area contributed by atoms with Gasteiger partial charge in [-0.15, -0.1) is 0 Å². The maximum atomic E-state index is 5.24. The second-order valence-electron chi connectivity index (χ2n) is 5.41. The lowest BCUT2D eigenvalue weighted by atomic mass is 10.1. The number of aromatic amines is 2. The number of imidazole rings is 1. The summed E-state index contributed by atoms with van der Waals surface area (Å²) in [4.78, 5) is 23.8. The number of rotatable bonds is 4. The first-order valence-corrected chi connectivity index (χ1v) is 7.70. The van der Waals surface area contributed by atoms with Crippen LogP contribution >= 0.6 is 0 Å². The van der Waals surface area contributed by atoms with Gasteiger partial charge in [-0.25, -0.2) is 24.9 Å². The first kappa shape index (κ1) is 15.0. The van der Waals surface area contributed by atoms with Crippen LogP contribution in [0, 0.1) is 6.92 Å². The van der Waals surface area contributed by atoms with Crippen molar-refractivity contribution in [3.05, 3.63) is 48.9 Å². The van der Waals surface area contributed by atoms with Crippen LogP contribution in [0.5, 0.6) is 5.75 Å². The van der Waals surface area contributed by atoms with Crippen LogP contribution in [0.3, 0.4) is 0 Å². The predicted octanol–water partition coefficient (Wildman–Crippen LogP) is 2.29. The summed E-state index contributed by atoms with van der Waals surface area (Å²) in [5, 5.41) is 3.30. The molecule has 0 fully saturated rings. The largest absolute Gasteiger partial charge is 0.491 e. The normalized spacial score (nSPS) is 10.8. The highest BCUT2D eigenvalue weighted by Crippen LogP contribution is 2.30. The zero-order valence-corrected chi connectivity index (χ0v) is 13.7. The summed E-state index contributed by atoms with van der Waals surface area (Å²) in [7, 11) is 1.62. The standard InChI is InChI=1S/C17H15N7O/c1-10-22-14(15-17(23-10)21-9-20-15)13-4-3-5-19-16(13)24-11-6-12(25-2)8-18-7-11/h3-9H,1-2H3,(H,19,24)(H,20,21,22,23)/p+1. The first-order valence-electron chi connectivity index (χ1n) is 7.70. The van der Waals surface area contributed by atoms with Gasteiger partial charge in [0.1, 0.15) is 28.5 Å². The van der Waals surface area contributed by atoms with Crippen molar-refractivity contribution in [1.29, 1.82) is 0 Å². The summed E-state index contributed by atoms with van der Waals surface area (Å²) in [5.74, 6) is 2.05. The van der Waals surface area contributed by atoms with Crippen molar-refractivity contribution in [1.82, 2.24) is 24.9 Å². The van der Waals surface area contributed by atoms with Gasteiger partial charge in [0, 0.05) is 17.8 Å². The summed E-state index contributed by atoms with van der Waals surface area (Å²) in [6, 6.07) is 5.71. The van der Waals surface area contributed by atoms with Crippen LogP contribution in [0.25, 0.3) is 22.4 Å². The molecular weight excluding hydrogens is 318 g/mol. The van der Waals surface area contributed by atoms with Gasteiger partial charge >= 0.3 is 0 Å². The number of fused-ring (bicyclic) bond motifs is 1. The van der Waals surface area contributed by atoms with Crippen molar-refractivity contribution in [2.24, 2.45) is 0 Å². The van der Waals surface area contributed by atoms with E-state index in [1.54, 1.807) is 25.8 Å². The molecule has 0 radical (unpaired) electrons. The second kappa shape index (κ2) is 6.16. The fraction of sp³-hybridized carbons (Fsp3) is 0.118. The summed E-state index contributed by atoms with van der Waals surface area (Å²) in [6.45, 7) is 1.85. The number of hydrogen-bond acceptors (Lipinski definition) is 6. The average molecular weight is 334 g/mol. The molecule has 0 unspecified atom stereocenters. The molecule has 4 heterocycles. The number of nitrogens with zero attached hydrogens (tertiary/aromatic N) is 4. The van der Waals surface area contributed by atoms with Gasteiger partial charge in [0.2, 0.25) is 6.20 Å². The smallest absolute Gasteiger partial charge is 0.209 e. The van der Waals surface area contributed by atoms with Crippen molar-refractivity contribution in [3.63, 3.8) is 0 Å². The van der Waals surface area contributed by atoms with Gasteiger partial charge in [0.25, 0.3) is 0 Å². The summed E-state index contributed by atoms with van der Waals surface area (Å²) in [5.41, 5.74) is 3.84. The Morgan fingerprint density at radius 2 is 2.12 bits per heavy atom. The monoisotopic (exact) mass is 334 g/mol. The molecule has 0 saturated carbocycles. The number of pyridine rings is 2. The molecule has 0 spiro atoms. The molecule has 8 nitrogen and oxygen atoms in total. The highest BCUT2D eigenvalue weighted by atomic mass is 16.5. The quantitative estimate of drug-likeness (QED) is 0.593. The third kappa shape index (κ3) is 2.85. The van der Waals surface area contributed by atoms with E-state index in [0.29, 0.717) is 17.3 Å². The molecule has 0 aliphatic rings. The van der Waals surface area contributed by atoms with E-state index in [1.807, 2.05) is 31.3 Å². The molecule has 0 aliphatic carbocycles. The van der Waals surface area contributed by atoms with Crippen molar-refractivity contribution in [3.8, 4) is 17.0 Å². The minimum atomic E-state index is 0.631. The molecule has 0 bridgehead atoms. The first-order chi connectivity index (χ1) is 12.2. The van der Waals surface area contributed by atoms with Crippen LogP contribution in [0.15, 0.2) is 43.1 Å². The number of ether oxygens (including phenoxy) is 1. The number of aryl methyl sites for hydroxylation is 1. The molecule has 0 atom stereocenters. The number of nitrogens with one attached hydrogen (secondary N) is 3. The van der Waals surface area contributed by atoms with Crippen LogP contribution in [0.4, 0.5) is 11.5 Å². The molecular formula is C17H16N7O+. The van der Waals surface area contributed by atoms with E-state index in [2.05, 4.69) is 35.2 Å². The minimum absolute atomic E-state index is 0.631. The van der Waals surface area contributed by atoms with E-state index >= 15 is 0 Å². The highest BCUT2D eigenvalue weighted by Gasteiger charge is 2.15. The molecule has 0 aromatic carbocycles. The Morgan fingerprint density at radius 1 is 1.20 bits per heavy atom. The number of hydrogen-bond donors (Lipinski definition) is 2. The van der Waals surface area contributed by atoms with E-state index in [-0.39, 0.29) is 0 Å². The Hall–Kier alpha value is -3.55. The van der Waals surface area contributed by atoms with Gasteiger partial charge in [-0.2, -0.15) is 0 Å². The SMILES string of the molecule is COc1c[nH+]cc(Nc2ncccc2-c2nc(C)nc3nc[nH]c23)c1. The van der Waals surface area contributed by atoms with Crippen LogP contribution in [0.1, 0.15) is 5.82 Å². The lowest BCUT2D eigenvalue weighted by Gasteiger charge is -2.10. The van der Waals surface area contributed by atoms with Gasteiger partial charge in [0.05, 0.1) is 13.4 Å². The lowest BCUT2D eigenvalue weighted by Crippen LogP contribution is -2.05. The average Bonchev–Trinajstić information content (AvgIpc) is 3.10. The molecule has 4 aromatic heterocycles. The van der Waals surface area contributed by atoms with E-state index < -0.39 is 0 Å². The number of H-pyrrole nitrogens is 2. The Balaban J connectivity index is 1.82. The minimum Gasteiger partial charge on any atom is -0.491 e. The van der Waals surface area contributed by atoms with Crippen molar-refractivity contribution in [2.45, 2.75) is 6.92 Å². The van der Waals surface area contributed by atoms with Gasteiger partial charge in [0.15, 0.2) is 17.6 Å². The Morgan fingerprint density at radius 3 is 3.00 bits per heavy atom. The Kier molecular flexibility index (Phi) is 3.70. The molecule has 3 N–H and O–H groups in total. The Labute approximate surface area is 143 Å². The number of anilines is 2. The fourth-order valence-electron chi connectivity index (χ4n) is 2.61. The highest BCUT2D eigenvalue weighted by molar-refractivity contribution is 5.91. The van der Waals surface area contributed by atoms with Crippen LogP contribution in [-0.4, -0.2) is 32.0 Å². The van der Waals surface area contributed by atoms with Crippen LogP contribution in [-0.2, 0) is 0 Å². The lowest BCUT2D eigenvalue weighted by molar-refractivity contribution is -0.377. The van der Waals surface area contributed by atoms with Crippen molar-refractivity contribution in [2.75, 3.05) is 12.4 Å². The second-order valence-corrected chi connectivity index (χ2v) is 5.41. The maximum absolute atomic E-state index is 5.24. The maximum Gasteiger partial charge on any atom is 0.209 e. The molecule has 0 amide bonds. The van der Waals surface area contributed by atoms with E-state index in [9.17, 15) is 0 Å². The van der Waals surface area contributed by atoms with Crippen molar-refractivity contribution < 1.29 is 9.72 Å². The predicted molar refractivity (Wildman–Crippen MR) is 92.5 cm³/mol. The van der Waals surface area contributed by atoms with Gasteiger partial charge < -0.3 is 15.0 Å². The van der Waals surface area contributed by atoms with Gasteiger partial charge in [-0.1, -0.05) is 0 Å². The molecule has 124 valence electrons. The Bertz CT molecular complexity index is 1040. The third-order valence-electron chi connectivity index (χ3n) is 3.72. The fourth-order valence-corrected chi connectivity index (χ4v) is 2.61. The molecule has 4 aromatic rings. The molecule has 0 saturated heterocycles. The van der Waals surface area contributed by atoms with E-state index in [1.165, 1.54) is 0 Å². The molecule has 25 heavy (non-hydrogen) atoms.